The molecule has 0 aromatic heterocycles. The Balaban J connectivity index is 1.11. The molecule has 3 nitrogen and oxygen atoms in total. The number of nitrogens with zero attached hydrogens (tertiary/aromatic N) is 1. The van der Waals surface area contributed by atoms with E-state index in [1.165, 1.54) is 28.8 Å². The molecular weight excluding hydrogens is 528 g/mol. The average Bonchev–Trinajstić information content (AvgIpc) is 3.52. The highest BCUT2D eigenvalue weighted by Gasteiger charge is 2.46. The van der Waals surface area contributed by atoms with Crippen molar-refractivity contribution in [2.45, 2.75) is 41.5 Å². The smallest absolute Gasteiger partial charge is 0.195 e. The molecule has 2 saturated heterocycles. The summed E-state index contributed by atoms with van der Waals surface area (Å²) in [6, 6.07) is 21.5. The molecule has 2 fully saturated rings. The predicted molar refractivity (Wildman–Crippen MR) is 149 cm³/mol. The summed E-state index contributed by atoms with van der Waals surface area (Å²) in [4.78, 5) is 2.56. The lowest BCUT2D eigenvalue weighted by Gasteiger charge is -2.40. The van der Waals surface area contributed by atoms with Crippen molar-refractivity contribution in [3.63, 3.8) is 0 Å². The number of likely N-dealkylation sites (tertiary alicyclic amines) is 1. The molecule has 37 heavy (non-hydrogen) atoms. The fraction of sp³-hybridized carbons (Fsp3) is 0.400. The van der Waals surface area contributed by atoms with Gasteiger partial charge in [0.1, 0.15) is 5.82 Å². The molecule has 3 heterocycles. The largest absolute Gasteiger partial charge is 0.343 e. The topological polar surface area (TPSA) is 21.7 Å². The van der Waals surface area contributed by atoms with Crippen LogP contribution in [0.3, 0.4) is 0 Å². The first-order chi connectivity index (χ1) is 18.0. The van der Waals surface area contributed by atoms with Crippen LogP contribution in [-0.4, -0.2) is 37.7 Å². The SMILES string of the molecule is Fc1ccc(C2(CCCN3CCC4(CC3)SC(c3ccc(Cl)c(Cl)c3)c3ccccc34)OCCO2)cc1. The number of piperidine rings is 1. The van der Waals surface area contributed by atoms with Crippen molar-refractivity contribution in [2.24, 2.45) is 0 Å². The molecule has 194 valence electrons. The van der Waals surface area contributed by atoms with Crippen LogP contribution >= 0.6 is 35.0 Å². The molecule has 3 aliphatic heterocycles. The van der Waals surface area contributed by atoms with Gasteiger partial charge in [-0.15, -0.1) is 11.8 Å². The second-order valence-corrected chi connectivity index (χ2v) is 12.5. The highest BCUT2D eigenvalue weighted by Crippen LogP contribution is 2.61. The van der Waals surface area contributed by atoms with Crippen LogP contribution in [-0.2, 0) is 20.0 Å². The molecule has 0 amide bonds. The minimum atomic E-state index is -0.752. The predicted octanol–water partition coefficient (Wildman–Crippen LogP) is 7.94. The van der Waals surface area contributed by atoms with E-state index in [-0.39, 0.29) is 15.8 Å². The number of rotatable bonds is 6. The van der Waals surface area contributed by atoms with E-state index in [0.29, 0.717) is 23.3 Å². The summed E-state index contributed by atoms with van der Waals surface area (Å²) in [6.45, 7) is 4.25. The van der Waals surface area contributed by atoms with E-state index in [4.69, 9.17) is 32.7 Å². The second kappa shape index (κ2) is 10.5. The van der Waals surface area contributed by atoms with E-state index in [0.717, 1.165) is 50.9 Å². The van der Waals surface area contributed by atoms with Gasteiger partial charge in [-0.1, -0.05) is 65.7 Å². The van der Waals surface area contributed by atoms with Crippen LogP contribution in [0.2, 0.25) is 10.0 Å². The maximum absolute atomic E-state index is 13.5. The van der Waals surface area contributed by atoms with Crippen molar-refractivity contribution in [3.8, 4) is 0 Å². The number of thioether (sulfide) groups is 1. The number of halogens is 3. The maximum Gasteiger partial charge on any atom is 0.195 e. The zero-order chi connectivity index (χ0) is 25.5. The average molecular weight is 559 g/mol. The molecule has 1 spiro atoms. The lowest BCUT2D eigenvalue weighted by molar-refractivity contribution is -0.172. The fourth-order valence-corrected chi connectivity index (χ4v) is 8.19. The van der Waals surface area contributed by atoms with Crippen molar-refractivity contribution in [2.75, 3.05) is 32.8 Å². The minimum Gasteiger partial charge on any atom is -0.343 e. The maximum atomic E-state index is 13.5. The Hall–Kier alpha value is -1.60. The van der Waals surface area contributed by atoms with Crippen molar-refractivity contribution >= 4 is 35.0 Å². The molecule has 1 unspecified atom stereocenters. The molecule has 0 radical (unpaired) electrons. The van der Waals surface area contributed by atoms with Gasteiger partial charge in [-0.3, -0.25) is 0 Å². The highest BCUT2D eigenvalue weighted by atomic mass is 35.5. The molecule has 3 aromatic rings. The van der Waals surface area contributed by atoms with Crippen LogP contribution in [0.1, 0.15) is 53.2 Å². The van der Waals surface area contributed by atoms with E-state index in [1.807, 2.05) is 12.1 Å². The van der Waals surface area contributed by atoms with Crippen LogP contribution in [0, 0.1) is 5.82 Å². The molecule has 1 atom stereocenters. The third-order valence-corrected chi connectivity index (χ3v) is 10.6. The van der Waals surface area contributed by atoms with Crippen LogP contribution in [0.15, 0.2) is 66.7 Å². The summed E-state index contributed by atoms with van der Waals surface area (Å²) in [5, 5.41) is 1.48. The lowest BCUT2D eigenvalue weighted by atomic mass is 9.84. The molecule has 0 aliphatic carbocycles. The molecule has 3 aromatic carbocycles. The van der Waals surface area contributed by atoms with Gasteiger partial charge in [0.25, 0.3) is 0 Å². The van der Waals surface area contributed by atoms with Gasteiger partial charge in [0.05, 0.1) is 28.5 Å². The Bertz CT molecular complexity index is 1260. The first kappa shape index (κ1) is 25.7. The second-order valence-electron chi connectivity index (χ2n) is 10.2. The first-order valence-electron chi connectivity index (χ1n) is 13.0. The Kier molecular flexibility index (Phi) is 7.30. The van der Waals surface area contributed by atoms with E-state index in [1.54, 1.807) is 12.1 Å². The Morgan fingerprint density at radius 2 is 1.65 bits per heavy atom. The molecule has 0 bridgehead atoms. The van der Waals surface area contributed by atoms with Gasteiger partial charge in [-0.05, 0) is 79.9 Å². The lowest BCUT2D eigenvalue weighted by Crippen LogP contribution is -2.41. The van der Waals surface area contributed by atoms with E-state index >= 15 is 0 Å². The molecule has 3 aliphatic rings. The third kappa shape index (κ3) is 4.95. The monoisotopic (exact) mass is 557 g/mol. The summed E-state index contributed by atoms with van der Waals surface area (Å²) >= 11 is 14.7. The third-order valence-electron chi connectivity index (χ3n) is 8.01. The van der Waals surface area contributed by atoms with E-state index in [2.05, 4.69) is 47.0 Å². The standard InChI is InChI=1S/C30H30Cl2FNO2S/c31-26-11-6-21(20-27(26)32)28-24-4-1-2-5-25(24)29(37-28)13-16-34(17-14-29)15-3-12-30(35-18-19-36-30)22-7-9-23(33)10-8-22/h1-2,4-11,20,28H,3,12-19H2. The van der Waals surface area contributed by atoms with Gasteiger partial charge in [0.15, 0.2) is 5.79 Å². The Labute approximate surface area is 232 Å². The van der Waals surface area contributed by atoms with Gasteiger partial charge < -0.3 is 14.4 Å². The first-order valence-corrected chi connectivity index (χ1v) is 14.6. The Morgan fingerprint density at radius 3 is 2.38 bits per heavy atom. The van der Waals surface area contributed by atoms with Crippen molar-refractivity contribution in [3.05, 3.63) is 105 Å². The summed E-state index contributed by atoms with van der Waals surface area (Å²) in [5.41, 5.74) is 4.99. The molecule has 6 rings (SSSR count). The zero-order valence-corrected chi connectivity index (χ0v) is 22.9. The number of ether oxygens (including phenoxy) is 2. The Morgan fingerprint density at radius 1 is 0.919 bits per heavy atom. The van der Waals surface area contributed by atoms with Gasteiger partial charge in [-0.2, -0.15) is 0 Å². The van der Waals surface area contributed by atoms with Crippen molar-refractivity contribution in [1.29, 1.82) is 0 Å². The van der Waals surface area contributed by atoms with Crippen molar-refractivity contribution < 1.29 is 13.9 Å². The van der Waals surface area contributed by atoms with Crippen LogP contribution in [0.5, 0.6) is 0 Å². The van der Waals surface area contributed by atoms with Gasteiger partial charge in [0, 0.05) is 16.7 Å². The number of benzene rings is 3. The van der Waals surface area contributed by atoms with Gasteiger partial charge in [0.2, 0.25) is 0 Å². The van der Waals surface area contributed by atoms with Crippen molar-refractivity contribution in [1.82, 2.24) is 4.90 Å². The highest BCUT2D eigenvalue weighted by molar-refractivity contribution is 8.01. The quantitative estimate of drug-likeness (QED) is 0.306. The zero-order valence-electron chi connectivity index (χ0n) is 20.6. The fourth-order valence-electron chi connectivity index (χ4n) is 6.09. The van der Waals surface area contributed by atoms with Gasteiger partial charge in [-0.25, -0.2) is 4.39 Å². The van der Waals surface area contributed by atoms with Gasteiger partial charge >= 0.3 is 0 Å². The number of hydrogen-bond donors (Lipinski definition) is 0. The molecule has 0 saturated carbocycles. The summed E-state index contributed by atoms with van der Waals surface area (Å²) < 4.78 is 25.7. The molecule has 0 N–H and O–H groups in total. The molecular formula is C30H30Cl2FNO2S. The van der Waals surface area contributed by atoms with Crippen LogP contribution < -0.4 is 0 Å². The summed E-state index contributed by atoms with van der Waals surface area (Å²) in [5.74, 6) is -0.996. The number of fused-ring (bicyclic) bond motifs is 2. The summed E-state index contributed by atoms with van der Waals surface area (Å²) in [6.07, 6.45) is 3.95. The summed E-state index contributed by atoms with van der Waals surface area (Å²) in [7, 11) is 0. The molecule has 7 heteroatoms. The van der Waals surface area contributed by atoms with E-state index in [9.17, 15) is 4.39 Å². The van der Waals surface area contributed by atoms with Crippen LogP contribution in [0.25, 0.3) is 0 Å². The van der Waals surface area contributed by atoms with E-state index < -0.39 is 5.79 Å². The number of hydrogen-bond acceptors (Lipinski definition) is 4. The minimum absolute atomic E-state index is 0.122. The normalized spacial score (nSPS) is 22.4. The van der Waals surface area contributed by atoms with Crippen LogP contribution in [0.4, 0.5) is 4.39 Å².